The molecule has 1 aromatic heterocycles. The van der Waals surface area contributed by atoms with E-state index < -0.39 is 0 Å². The minimum atomic E-state index is -0.0777. The molecular formula is C20H21N7O2. The summed E-state index contributed by atoms with van der Waals surface area (Å²) in [5.41, 5.74) is 13.4. The van der Waals surface area contributed by atoms with E-state index in [-0.39, 0.29) is 17.6 Å². The number of anilines is 1. The topological polar surface area (TPSA) is 128 Å². The SMILES string of the molecule is C=C(/N=C(N)\N=C(/N)c1noc(-c2ccc(OC)cc2)n1)N(C)c1ccccc1. The molecule has 9 heteroatoms. The summed E-state index contributed by atoms with van der Waals surface area (Å²) in [6, 6.07) is 16.8. The van der Waals surface area contributed by atoms with Gasteiger partial charge in [-0.1, -0.05) is 29.9 Å². The molecule has 0 aliphatic heterocycles. The Labute approximate surface area is 168 Å². The molecular weight excluding hydrogens is 370 g/mol. The van der Waals surface area contributed by atoms with Crippen molar-refractivity contribution in [1.82, 2.24) is 10.1 Å². The van der Waals surface area contributed by atoms with E-state index in [1.807, 2.05) is 37.4 Å². The van der Waals surface area contributed by atoms with Gasteiger partial charge in [0.1, 0.15) is 11.6 Å². The molecule has 0 fully saturated rings. The summed E-state index contributed by atoms with van der Waals surface area (Å²) in [7, 11) is 3.41. The number of rotatable bonds is 6. The van der Waals surface area contributed by atoms with Gasteiger partial charge in [0.05, 0.1) is 7.11 Å². The molecule has 2 aromatic carbocycles. The maximum atomic E-state index is 5.94. The van der Waals surface area contributed by atoms with Crippen molar-refractivity contribution in [3.63, 3.8) is 0 Å². The summed E-state index contributed by atoms with van der Waals surface area (Å²) in [6.07, 6.45) is 0. The highest BCUT2D eigenvalue weighted by molar-refractivity contribution is 6.02. The lowest BCUT2D eigenvalue weighted by atomic mass is 10.2. The Morgan fingerprint density at radius 2 is 1.76 bits per heavy atom. The van der Waals surface area contributed by atoms with Crippen molar-refractivity contribution in [1.29, 1.82) is 0 Å². The van der Waals surface area contributed by atoms with E-state index in [4.69, 9.17) is 20.7 Å². The largest absolute Gasteiger partial charge is 0.497 e. The lowest BCUT2D eigenvalue weighted by Gasteiger charge is -2.18. The second-order valence-electron chi connectivity index (χ2n) is 5.93. The number of amidine groups is 1. The number of nitrogens with two attached hydrogens (primary N) is 2. The van der Waals surface area contributed by atoms with Crippen molar-refractivity contribution in [3.05, 3.63) is 72.8 Å². The number of ether oxygens (including phenoxy) is 1. The van der Waals surface area contributed by atoms with Crippen LogP contribution in [-0.4, -0.2) is 36.1 Å². The second-order valence-corrected chi connectivity index (χ2v) is 5.93. The van der Waals surface area contributed by atoms with Gasteiger partial charge in [0, 0.05) is 18.3 Å². The molecule has 4 N–H and O–H groups in total. The molecule has 0 spiro atoms. The summed E-state index contributed by atoms with van der Waals surface area (Å²) >= 11 is 0. The van der Waals surface area contributed by atoms with Crippen LogP contribution < -0.4 is 21.1 Å². The highest BCUT2D eigenvalue weighted by atomic mass is 16.5. The smallest absolute Gasteiger partial charge is 0.258 e. The third-order valence-electron chi connectivity index (χ3n) is 4.00. The van der Waals surface area contributed by atoms with Gasteiger partial charge in [-0.3, -0.25) is 0 Å². The average Bonchev–Trinajstić information content (AvgIpc) is 3.24. The number of guanidine groups is 1. The van der Waals surface area contributed by atoms with Gasteiger partial charge >= 0.3 is 0 Å². The van der Waals surface area contributed by atoms with Crippen LogP contribution in [0.25, 0.3) is 11.5 Å². The molecule has 1 heterocycles. The van der Waals surface area contributed by atoms with Gasteiger partial charge in [-0.25, -0.2) is 0 Å². The van der Waals surface area contributed by atoms with Crippen LogP contribution in [0.15, 0.2) is 81.5 Å². The molecule has 0 aliphatic carbocycles. The van der Waals surface area contributed by atoms with E-state index in [9.17, 15) is 0 Å². The molecule has 148 valence electrons. The lowest BCUT2D eigenvalue weighted by Crippen LogP contribution is -2.22. The molecule has 29 heavy (non-hydrogen) atoms. The number of methoxy groups -OCH3 is 1. The number of hydrogen-bond acceptors (Lipinski definition) is 6. The van der Waals surface area contributed by atoms with Crippen molar-refractivity contribution in [3.8, 4) is 17.2 Å². The van der Waals surface area contributed by atoms with Crippen LogP contribution in [0.2, 0.25) is 0 Å². The molecule has 0 saturated heterocycles. The zero-order valence-corrected chi connectivity index (χ0v) is 16.1. The first-order valence-corrected chi connectivity index (χ1v) is 8.62. The molecule has 0 amide bonds. The Bertz CT molecular complexity index is 1040. The first-order valence-electron chi connectivity index (χ1n) is 8.62. The van der Waals surface area contributed by atoms with Gasteiger partial charge in [-0.05, 0) is 36.4 Å². The molecule has 0 saturated carbocycles. The van der Waals surface area contributed by atoms with Gasteiger partial charge in [0.25, 0.3) is 5.89 Å². The monoisotopic (exact) mass is 391 g/mol. The minimum absolute atomic E-state index is 0.0232. The molecule has 0 atom stereocenters. The first-order chi connectivity index (χ1) is 14.0. The van der Waals surface area contributed by atoms with E-state index in [1.54, 1.807) is 36.3 Å². The Kier molecular flexibility index (Phi) is 5.88. The maximum absolute atomic E-state index is 5.94. The van der Waals surface area contributed by atoms with Crippen LogP contribution in [0.5, 0.6) is 5.75 Å². The van der Waals surface area contributed by atoms with Crippen LogP contribution in [0.1, 0.15) is 5.82 Å². The predicted octanol–water partition coefficient (Wildman–Crippen LogP) is 2.37. The van der Waals surface area contributed by atoms with E-state index in [0.717, 1.165) is 17.0 Å². The predicted molar refractivity (Wildman–Crippen MR) is 113 cm³/mol. The van der Waals surface area contributed by atoms with Gasteiger partial charge in [-0.2, -0.15) is 15.0 Å². The van der Waals surface area contributed by atoms with E-state index in [0.29, 0.717) is 11.7 Å². The Morgan fingerprint density at radius 1 is 1.07 bits per heavy atom. The van der Waals surface area contributed by atoms with Crippen molar-refractivity contribution in [2.75, 3.05) is 19.1 Å². The maximum Gasteiger partial charge on any atom is 0.258 e. The van der Waals surface area contributed by atoms with Gasteiger partial charge in [0.2, 0.25) is 11.8 Å². The summed E-state index contributed by atoms with van der Waals surface area (Å²) in [4.78, 5) is 14.2. The van der Waals surface area contributed by atoms with Crippen LogP contribution in [-0.2, 0) is 0 Å². The van der Waals surface area contributed by atoms with Crippen molar-refractivity contribution >= 4 is 17.5 Å². The van der Waals surface area contributed by atoms with Gasteiger partial charge in [-0.15, -0.1) is 0 Å². The molecule has 0 aliphatic rings. The summed E-state index contributed by atoms with van der Waals surface area (Å²) in [5.74, 6) is 1.42. The van der Waals surface area contributed by atoms with Crippen molar-refractivity contribution in [2.24, 2.45) is 21.5 Å². The molecule has 0 radical (unpaired) electrons. The average molecular weight is 391 g/mol. The third kappa shape index (κ3) is 4.78. The highest BCUT2D eigenvalue weighted by Crippen LogP contribution is 2.20. The Balaban J connectivity index is 1.73. The van der Waals surface area contributed by atoms with Crippen molar-refractivity contribution in [2.45, 2.75) is 0 Å². The quantitative estimate of drug-likeness (QED) is 0.487. The zero-order chi connectivity index (χ0) is 20.8. The molecule has 9 nitrogen and oxygen atoms in total. The fourth-order valence-electron chi connectivity index (χ4n) is 2.38. The van der Waals surface area contributed by atoms with Crippen molar-refractivity contribution < 1.29 is 9.26 Å². The first kappa shape index (κ1) is 19.6. The number of benzene rings is 2. The number of nitrogens with zero attached hydrogens (tertiary/aromatic N) is 5. The third-order valence-corrected chi connectivity index (χ3v) is 4.00. The van der Waals surface area contributed by atoms with E-state index in [1.165, 1.54) is 0 Å². The summed E-state index contributed by atoms with van der Waals surface area (Å²) in [5, 5.41) is 3.83. The van der Waals surface area contributed by atoms with Gasteiger partial charge in [0.15, 0.2) is 5.84 Å². The summed E-state index contributed by atoms with van der Waals surface area (Å²) in [6.45, 7) is 3.90. The Morgan fingerprint density at radius 3 is 2.41 bits per heavy atom. The molecule has 0 bridgehead atoms. The normalized spacial score (nSPS) is 11.9. The zero-order valence-electron chi connectivity index (χ0n) is 16.1. The molecule has 3 aromatic rings. The number of aliphatic imine (C=N–C) groups is 2. The highest BCUT2D eigenvalue weighted by Gasteiger charge is 2.12. The van der Waals surface area contributed by atoms with Crippen LogP contribution >= 0.6 is 0 Å². The summed E-state index contributed by atoms with van der Waals surface area (Å²) < 4.78 is 10.4. The minimum Gasteiger partial charge on any atom is -0.497 e. The molecule has 0 unspecified atom stereocenters. The van der Waals surface area contributed by atoms with Crippen LogP contribution in [0.4, 0.5) is 5.69 Å². The standard InChI is InChI=1S/C20H21N7O2/c1-13(27(2)15-7-5-4-6-8-15)23-20(22)24-17(21)18-25-19(29-26-18)14-9-11-16(28-3)12-10-14/h4-12H,1H2,2-3H3,(H4,21,22,23,24). The van der Waals surface area contributed by atoms with E-state index >= 15 is 0 Å². The second kappa shape index (κ2) is 8.70. The van der Waals surface area contributed by atoms with Crippen LogP contribution in [0.3, 0.4) is 0 Å². The Hall–Kier alpha value is -4.14. The fraction of sp³-hybridized carbons (Fsp3) is 0.100. The lowest BCUT2D eigenvalue weighted by molar-refractivity contribution is 0.414. The fourth-order valence-corrected chi connectivity index (χ4v) is 2.38. The van der Waals surface area contributed by atoms with Gasteiger partial charge < -0.3 is 25.6 Å². The number of aromatic nitrogens is 2. The van der Waals surface area contributed by atoms with E-state index in [2.05, 4.69) is 26.7 Å². The number of hydrogen-bond donors (Lipinski definition) is 2. The molecule has 3 rings (SSSR count). The number of para-hydroxylation sites is 1. The van der Waals surface area contributed by atoms with Crippen LogP contribution in [0, 0.1) is 0 Å².